The highest BCUT2D eigenvalue weighted by molar-refractivity contribution is 7.12. The van der Waals surface area contributed by atoms with Gasteiger partial charge in [0.05, 0.1) is 5.69 Å². The molecule has 0 spiro atoms. The molecule has 0 amide bonds. The third kappa shape index (κ3) is 3.58. The van der Waals surface area contributed by atoms with E-state index in [0.717, 1.165) is 35.7 Å². The Morgan fingerprint density at radius 3 is 2.90 bits per heavy atom. The van der Waals surface area contributed by atoms with Crippen molar-refractivity contribution in [1.29, 1.82) is 5.26 Å². The molecule has 104 valence electrons. The van der Waals surface area contributed by atoms with Crippen molar-refractivity contribution in [3.8, 4) is 11.8 Å². The van der Waals surface area contributed by atoms with Crippen molar-refractivity contribution in [3.05, 3.63) is 45.4 Å². The molecule has 0 bridgehead atoms. The zero-order valence-electron chi connectivity index (χ0n) is 11.8. The van der Waals surface area contributed by atoms with Crippen molar-refractivity contribution in [2.24, 2.45) is 0 Å². The van der Waals surface area contributed by atoms with E-state index in [1.165, 1.54) is 16.9 Å². The largest absolute Gasteiger partial charge is 0.486 e. The van der Waals surface area contributed by atoms with Crippen molar-refractivity contribution in [1.82, 2.24) is 4.98 Å². The number of thiazole rings is 1. The Morgan fingerprint density at radius 1 is 1.35 bits per heavy atom. The van der Waals surface area contributed by atoms with Crippen LogP contribution in [0.4, 0.5) is 0 Å². The first-order valence-electron chi connectivity index (χ1n) is 6.87. The summed E-state index contributed by atoms with van der Waals surface area (Å²) < 4.78 is 5.76. The standard InChI is InChI=1S/C16H18N2OS/c1-3-6-14-15(10-17)20-16(18-14)11-19-13-8-5-7-12(4-2)9-13/h5,7-9H,3-4,6,11H2,1-2H3. The number of nitriles is 1. The number of benzene rings is 1. The lowest BCUT2D eigenvalue weighted by atomic mass is 10.2. The van der Waals surface area contributed by atoms with Gasteiger partial charge in [0.1, 0.15) is 28.3 Å². The van der Waals surface area contributed by atoms with Gasteiger partial charge < -0.3 is 4.74 Å². The average molecular weight is 286 g/mol. The predicted octanol–water partition coefficient (Wildman–Crippen LogP) is 4.11. The van der Waals surface area contributed by atoms with Gasteiger partial charge in [-0.2, -0.15) is 5.26 Å². The highest BCUT2D eigenvalue weighted by Gasteiger charge is 2.10. The number of aryl methyl sites for hydroxylation is 2. The third-order valence-corrected chi connectivity index (χ3v) is 3.97. The highest BCUT2D eigenvalue weighted by atomic mass is 32.1. The number of hydrogen-bond donors (Lipinski definition) is 0. The predicted molar refractivity (Wildman–Crippen MR) is 81.0 cm³/mol. The van der Waals surface area contributed by atoms with Crippen LogP contribution in [0.25, 0.3) is 0 Å². The second-order valence-corrected chi connectivity index (χ2v) is 5.62. The van der Waals surface area contributed by atoms with E-state index in [0.29, 0.717) is 11.5 Å². The van der Waals surface area contributed by atoms with Gasteiger partial charge in [0.25, 0.3) is 0 Å². The van der Waals surface area contributed by atoms with Crippen LogP contribution in [0.5, 0.6) is 5.75 Å². The molecule has 1 aromatic carbocycles. The normalized spacial score (nSPS) is 10.2. The van der Waals surface area contributed by atoms with Gasteiger partial charge in [0.2, 0.25) is 0 Å². The fourth-order valence-corrected chi connectivity index (χ4v) is 2.78. The SMILES string of the molecule is CCCc1nc(COc2cccc(CC)c2)sc1C#N. The van der Waals surface area contributed by atoms with Gasteiger partial charge >= 0.3 is 0 Å². The zero-order chi connectivity index (χ0) is 14.4. The summed E-state index contributed by atoms with van der Waals surface area (Å²) >= 11 is 1.43. The molecule has 0 atom stereocenters. The molecule has 0 aliphatic heterocycles. The molecule has 3 nitrogen and oxygen atoms in total. The van der Waals surface area contributed by atoms with Crippen LogP contribution in [0, 0.1) is 11.3 Å². The zero-order valence-corrected chi connectivity index (χ0v) is 12.7. The Labute approximate surface area is 123 Å². The minimum Gasteiger partial charge on any atom is -0.486 e. The Bertz CT molecular complexity index is 613. The maximum atomic E-state index is 9.09. The molecule has 4 heteroatoms. The molecule has 2 rings (SSSR count). The van der Waals surface area contributed by atoms with E-state index in [1.807, 2.05) is 18.2 Å². The van der Waals surface area contributed by atoms with Gasteiger partial charge in [-0.15, -0.1) is 11.3 Å². The Hall–Kier alpha value is -1.86. The molecule has 0 N–H and O–H groups in total. The Kier molecular flexibility index (Phi) is 5.14. The molecule has 0 saturated carbocycles. The first-order chi connectivity index (χ1) is 9.76. The summed E-state index contributed by atoms with van der Waals surface area (Å²) in [6.07, 6.45) is 2.84. The van der Waals surface area contributed by atoms with Crippen LogP contribution in [-0.4, -0.2) is 4.98 Å². The monoisotopic (exact) mass is 286 g/mol. The summed E-state index contributed by atoms with van der Waals surface area (Å²) in [6, 6.07) is 10.3. The van der Waals surface area contributed by atoms with Gasteiger partial charge in [-0.3, -0.25) is 0 Å². The van der Waals surface area contributed by atoms with Gasteiger partial charge in [-0.1, -0.05) is 32.4 Å². The van der Waals surface area contributed by atoms with Gasteiger partial charge in [0, 0.05) is 0 Å². The lowest BCUT2D eigenvalue weighted by molar-refractivity contribution is 0.305. The number of aromatic nitrogens is 1. The molecular weight excluding hydrogens is 268 g/mol. The molecule has 1 aromatic heterocycles. The second-order valence-electron chi connectivity index (χ2n) is 4.53. The van der Waals surface area contributed by atoms with Crippen molar-refractivity contribution in [2.75, 3.05) is 0 Å². The molecule has 0 aliphatic rings. The van der Waals surface area contributed by atoms with Gasteiger partial charge in [0.15, 0.2) is 0 Å². The molecule has 2 aromatic rings. The summed E-state index contributed by atoms with van der Waals surface area (Å²) in [5.41, 5.74) is 2.16. The smallest absolute Gasteiger partial charge is 0.140 e. The average Bonchev–Trinajstić information content (AvgIpc) is 2.88. The summed E-state index contributed by atoms with van der Waals surface area (Å²) in [6.45, 7) is 4.64. The van der Waals surface area contributed by atoms with Crippen LogP contribution < -0.4 is 4.74 Å². The van der Waals surface area contributed by atoms with Gasteiger partial charge in [-0.25, -0.2) is 4.98 Å². The molecular formula is C16H18N2OS. The van der Waals surface area contributed by atoms with E-state index >= 15 is 0 Å². The topological polar surface area (TPSA) is 45.9 Å². The van der Waals surface area contributed by atoms with Crippen LogP contribution >= 0.6 is 11.3 Å². The number of ether oxygens (including phenoxy) is 1. The van der Waals surface area contributed by atoms with Crippen LogP contribution in [0.2, 0.25) is 0 Å². The van der Waals surface area contributed by atoms with E-state index in [2.05, 4.69) is 31.0 Å². The molecule has 1 heterocycles. The molecule has 0 unspecified atom stereocenters. The molecule has 20 heavy (non-hydrogen) atoms. The number of hydrogen-bond acceptors (Lipinski definition) is 4. The van der Waals surface area contributed by atoms with Crippen LogP contribution in [0.3, 0.4) is 0 Å². The molecule has 0 saturated heterocycles. The van der Waals surface area contributed by atoms with E-state index in [-0.39, 0.29) is 0 Å². The number of rotatable bonds is 6. The Balaban J connectivity index is 2.05. The lowest BCUT2D eigenvalue weighted by Crippen LogP contribution is -1.96. The van der Waals surface area contributed by atoms with Crippen molar-refractivity contribution in [2.45, 2.75) is 39.7 Å². The summed E-state index contributed by atoms with van der Waals surface area (Å²) in [5, 5.41) is 9.96. The molecule has 0 aliphatic carbocycles. The third-order valence-electron chi connectivity index (χ3n) is 3.00. The van der Waals surface area contributed by atoms with E-state index < -0.39 is 0 Å². The van der Waals surface area contributed by atoms with Crippen molar-refractivity contribution >= 4 is 11.3 Å². The first kappa shape index (κ1) is 14.5. The summed E-state index contributed by atoms with van der Waals surface area (Å²) in [4.78, 5) is 5.21. The second kappa shape index (κ2) is 7.06. The summed E-state index contributed by atoms with van der Waals surface area (Å²) in [5.74, 6) is 0.857. The van der Waals surface area contributed by atoms with Crippen molar-refractivity contribution in [3.63, 3.8) is 0 Å². The lowest BCUT2D eigenvalue weighted by Gasteiger charge is -2.05. The quantitative estimate of drug-likeness (QED) is 0.802. The van der Waals surface area contributed by atoms with Gasteiger partial charge in [-0.05, 0) is 30.5 Å². The van der Waals surface area contributed by atoms with Crippen LogP contribution in [0.15, 0.2) is 24.3 Å². The van der Waals surface area contributed by atoms with Crippen LogP contribution in [-0.2, 0) is 19.4 Å². The Morgan fingerprint density at radius 2 is 2.20 bits per heavy atom. The fraction of sp³-hybridized carbons (Fsp3) is 0.375. The van der Waals surface area contributed by atoms with E-state index in [9.17, 15) is 0 Å². The minimum atomic E-state index is 0.427. The summed E-state index contributed by atoms with van der Waals surface area (Å²) in [7, 11) is 0. The van der Waals surface area contributed by atoms with Crippen LogP contribution in [0.1, 0.15) is 41.4 Å². The number of nitrogens with zero attached hydrogens (tertiary/aromatic N) is 2. The molecule has 0 radical (unpaired) electrons. The maximum absolute atomic E-state index is 9.09. The van der Waals surface area contributed by atoms with Crippen molar-refractivity contribution < 1.29 is 4.74 Å². The fourth-order valence-electron chi connectivity index (χ4n) is 1.96. The maximum Gasteiger partial charge on any atom is 0.140 e. The molecule has 0 fully saturated rings. The van der Waals surface area contributed by atoms with E-state index in [1.54, 1.807) is 0 Å². The van der Waals surface area contributed by atoms with E-state index in [4.69, 9.17) is 10.00 Å². The highest BCUT2D eigenvalue weighted by Crippen LogP contribution is 2.21. The first-order valence-corrected chi connectivity index (χ1v) is 7.68. The minimum absolute atomic E-state index is 0.427.